The van der Waals surface area contributed by atoms with E-state index in [4.69, 9.17) is 9.47 Å². The van der Waals surface area contributed by atoms with Crippen LogP contribution in [0.15, 0.2) is 36.4 Å². The molecule has 0 aromatic heterocycles. The summed E-state index contributed by atoms with van der Waals surface area (Å²) in [6, 6.07) is 10.9. The molecule has 0 radical (unpaired) electrons. The first kappa shape index (κ1) is 15.0. The van der Waals surface area contributed by atoms with Crippen LogP contribution < -0.4 is 4.74 Å². The van der Waals surface area contributed by atoms with Crippen molar-refractivity contribution in [2.75, 3.05) is 7.11 Å². The smallest absolute Gasteiger partial charge is 0.341 e. The molecular weight excluding hydrogens is 268 g/mol. The van der Waals surface area contributed by atoms with Crippen LogP contribution in [0.1, 0.15) is 31.1 Å². The normalized spacial score (nSPS) is 11.2. The lowest BCUT2D eigenvalue weighted by molar-refractivity contribution is -0.143. The molecule has 0 amide bonds. The van der Waals surface area contributed by atoms with Gasteiger partial charge in [-0.05, 0) is 43.7 Å². The van der Waals surface area contributed by atoms with Crippen LogP contribution in [0.3, 0.4) is 0 Å². The first-order chi connectivity index (χ1) is 9.82. The predicted octanol–water partition coefficient (Wildman–Crippen LogP) is 3.58. The molecule has 0 aliphatic heterocycles. The molecule has 0 bridgehead atoms. The van der Waals surface area contributed by atoms with E-state index in [2.05, 4.69) is 0 Å². The number of hydrogen-bond acceptors (Lipinski definition) is 4. The van der Waals surface area contributed by atoms with Gasteiger partial charge in [-0.25, -0.2) is 4.79 Å². The Bertz CT molecular complexity index is 695. The van der Waals surface area contributed by atoms with Crippen molar-refractivity contribution < 1.29 is 19.1 Å². The van der Waals surface area contributed by atoms with Gasteiger partial charge in [0.25, 0.3) is 0 Å². The molecule has 0 unspecified atom stereocenters. The second-order valence-corrected chi connectivity index (χ2v) is 5.83. The third-order valence-corrected chi connectivity index (χ3v) is 3.07. The highest BCUT2D eigenvalue weighted by Gasteiger charge is 2.26. The van der Waals surface area contributed by atoms with Crippen LogP contribution >= 0.6 is 0 Å². The second-order valence-electron chi connectivity index (χ2n) is 5.83. The number of rotatable bonds is 2. The van der Waals surface area contributed by atoms with Gasteiger partial charge in [-0.15, -0.1) is 0 Å². The summed E-state index contributed by atoms with van der Waals surface area (Å²) in [7, 11) is 1.30. The van der Waals surface area contributed by atoms with Crippen molar-refractivity contribution in [3.05, 3.63) is 42.0 Å². The minimum absolute atomic E-state index is 0.223. The van der Waals surface area contributed by atoms with E-state index in [1.165, 1.54) is 7.11 Å². The van der Waals surface area contributed by atoms with Crippen LogP contribution in [-0.2, 0) is 9.53 Å². The minimum atomic E-state index is -0.654. The Balaban J connectivity index is 2.54. The van der Waals surface area contributed by atoms with Crippen LogP contribution in [0, 0.1) is 5.41 Å². The van der Waals surface area contributed by atoms with Crippen molar-refractivity contribution in [1.82, 2.24) is 0 Å². The zero-order valence-corrected chi connectivity index (χ0v) is 12.6. The quantitative estimate of drug-likeness (QED) is 0.625. The monoisotopic (exact) mass is 286 g/mol. The first-order valence-corrected chi connectivity index (χ1v) is 6.66. The minimum Gasteiger partial charge on any atom is -0.465 e. The number of methoxy groups -OCH3 is 1. The molecule has 0 heterocycles. The van der Waals surface area contributed by atoms with Gasteiger partial charge in [-0.1, -0.05) is 24.3 Å². The fourth-order valence-corrected chi connectivity index (χ4v) is 1.83. The molecule has 4 heteroatoms. The van der Waals surface area contributed by atoms with E-state index in [1.54, 1.807) is 32.9 Å². The number of carbonyl (C=O) groups is 2. The zero-order chi connectivity index (χ0) is 15.6. The Morgan fingerprint density at radius 2 is 1.57 bits per heavy atom. The summed E-state index contributed by atoms with van der Waals surface area (Å²) >= 11 is 0. The van der Waals surface area contributed by atoms with Crippen LogP contribution in [0.2, 0.25) is 0 Å². The number of esters is 2. The number of hydrogen-bond donors (Lipinski definition) is 0. The van der Waals surface area contributed by atoms with Crippen LogP contribution in [-0.4, -0.2) is 19.0 Å². The molecule has 0 atom stereocenters. The summed E-state index contributed by atoms with van der Waals surface area (Å²) in [6.45, 7) is 5.27. The molecule has 0 spiro atoms. The lowest BCUT2D eigenvalue weighted by Crippen LogP contribution is -2.26. The molecule has 2 aromatic rings. The van der Waals surface area contributed by atoms with Gasteiger partial charge in [0.05, 0.1) is 12.5 Å². The highest BCUT2D eigenvalue weighted by molar-refractivity contribution is 5.99. The van der Waals surface area contributed by atoms with Crippen molar-refractivity contribution in [2.45, 2.75) is 20.8 Å². The summed E-state index contributed by atoms with van der Waals surface area (Å²) < 4.78 is 10.2. The lowest BCUT2D eigenvalue weighted by atomic mass is 9.97. The number of benzene rings is 2. The zero-order valence-electron chi connectivity index (χ0n) is 12.6. The average molecular weight is 286 g/mol. The van der Waals surface area contributed by atoms with Crippen LogP contribution in [0.4, 0.5) is 0 Å². The topological polar surface area (TPSA) is 52.6 Å². The first-order valence-electron chi connectivity index (χ1n) is 6.66. The van der Waals surface area contributed by atoms with E-state index in [-0.39, 0.29) is 11.3 Å². The lowest BCUT2D eigenvalue weighted by Gasteiger charge is -2.18. The maximum Gasteiger partial charge on any atom is 0.341 e. The SMILES string of the molecule is COC(=O)c1cc2ccccc2cc1OC(=O)C(C)(C)C. The van der Waals surface area contributed by atoms with Gasteiger partial charge in [0.1, 0.15) is 11.3 Å². The fourth-order valence-electron chi connectivity index (χ4n) is 1.83. The maximum atomic E-state index is 12.1. The van der Waals surface area contributed by atoms with Crippen LogP contribution in [0.25, 0.3) is 10.8 Å². The largest absolute Gasteiger partial charge is 0.465 e. The van der Waals surface area contributed by atoms with E-state index in [0.717, 1.165) is 10.8 Å². The van der Waals surface area contributed by atoms with Gasteiger partial charge in [0, 0.05) is 0 Å². The molecular formula is C17H18O4. The Morgan fingerprint density at radius 1 is 1.00 bits per heavy atom. The predicted molar refractivity (Wildman–Crippen MR) is 80.4 cm³/mol. The average Bonchev–Trinajstić information content (AvgIpc) is 2.44. The Morgan fingerprint density at radius 3 is 2.10 bits per heavy atom. The molecule has 21 heavy (non-hydrogen) atoms. The van der Waals surface area contributed by atoms with Crippen molar-refractivity contribution in [3.63, 3.8) is 0 Å². The third kappa shape index (κ3) is 3.21. The van der Waals surface area contributed by atoms with Crippen molar-refractivity contribution in [2.24, 2.45) is 5.41 Å². The van der Waals surface area contributed by atoms with E-state index in [0.29, 0.717) is 0 Å². The van der Waals surface area contributed by atoms with Gasteiger partial charge in [-0.3, -0.25) is 4.79 Å². The number of carbonyl (C=O) groups excluding carboxylic acids is 2. The highest BCUT2D eigenvalue weighted by atomic mass is 16.5. The molecule has 0 N–H and O–H groups in total. The Labute approximate surface area is 123 Å². The summed E-state index contributed by atoms with van der Waals surface area (Å²) in [4.78, 5) is 24.0. The molecule has 0 fully saturated rings. The van der Waals surface area contributed by atoms with Crippen molar-refractivity contribution in [3.8, 4) is 5.75 Å². The second kappa shape index (κ2) is 5.56. The Kier molecular flexibility index (Phi) is 3.98. The van der Waals surface area contributed by atoms with Crippen molar-refractivity contribution in [1.29, 1.82) is 0 Å². The summed E-state index contributed by atoms with van der Waals surface area (Å²) in [6.07, 6.45) is 0. The number of fused-ring (bicyclic) bond motifs is 1. The third-order valence-electron chi connectivity index (χ3n) is 3.07. The molecule has 0 saturated carbocycles. The van der Waals surface area contributed by atoms with E-state index in [9.17, 15) is 9.59 Å². The molecule has 4 nitrogen and oxygen atoms in total. The molecule has 0 aliphatic carbocycles. The molecule has 110 valence electrons. The highest BCUT2D eigenvalue weighted by Crippen LogP contribution is 2.29. The van der Waals surface area contributed by atoms with Crippen LogP contribution in [0.5, 0.6) is 5.75 Å². The molecule has 0 saturated heterocycles. The van der Waals surface area contributed by atoms with E-state index >= 15 is 0 Å². The van der Waals surface area contributed by atoms with Gasteiger partial charge in [0.15, 0.2) is 0 Å². The Hall–Kier alpha value is -2.36. The number of ether oxygens (including phenoxy) is 2. The molecule has 2 aromatic carbocycles. The van der Waals surface area contributed by atoms with Gasteiger partial charge in [0.2, 0.25) is 0 Å². The van der Waals surface area contributed by atoms with Gasteiger partial charge in [-0.2, -0.15) is 0 Å². The molecule has 0 aliphatic rings. The standard InChI is InChI=1S/C17H18O4/c1-17(2,3)16(19)21-14-10-12-8-6-5-7-11(12)9-13(14)15(18)20-4/h5-10H,1-4H3. The fraction of sp³-hybridized carbons (Fsp3) is 0.294. The summed E-state index contributed by atoms with van der Waals surface area (Å²) in [5.74, 6) is -0.708. The summed E-state index contributed by atoms with van der Waals surface area (Å²) in [5.41, 5.74) is -0.409. The molecule has 2 rings (SSSR count). The van der Waals surface area contributed by atoms with E-state index < -0.39 is 17.4 Å². The van der Waals surface area contributed by atoms with Crippen molar-refractivity contribution >= 4 is 22.7 Å². The van der Waals surface area contributed by atoms with Gasteiger partial charge < -0.3 is 9.47 Å². The maximum absolute atomic E-state index is 12.1. The van der Waals surface area contributed by atoms with E-state index in [1.807, 2.05) is 24.3 Å². The van der Waals surface area contributed by atoms with Gasteiger partial charge >= 0.3 is 11.9 Å². The summed E-state index contributed by atoms with van der Waals surface area (Å²) in [5, 5.41) is 1.77.